The second kappa shape index (κ2) is 9.61. The highest BCUT2D eigenvalue weighted by atomic mass is 16.2. The predicted octanol–water partition coefficient (Wildman–Crippen LogP) is 3.64. The zero-order valence-corrected chi connectivity index (χ0v) is 18.5. The van der Waals surface area contributed by atoms with Gasteiger partial charge in [-0.25, -0.2) is 0 Å². The van der Waals surface area contributed by atoms with Crippen molar-refractivity contribution in [2.24, 2.45) is 0 Å². The summed E-state index contributed by atoms with van der Waals surface area (Å²) in [7, 11) is 1.52. The average Bonchev–Trinajstić information content (AvgIpc) is 2.79. The lowest BCUT2D eigenvalue weighted by atomic mass is 9.77. The van der Waals surface area contributed by atoms with Gasteiger partial charge in [-0.1, -0.05) is 37.5 Å². The maximum atomic E-state index is 13.8. The fraction of sp³-hybridized carbons (Fsp3) is 0.625. The molecule has 1 saturated carbocycles. The predicted molar refractivity (Wildman–Crippen MR) is 117 cm³/mol. The van der Waals surface area contributed by atoms with Crippen molar-refractivity contribution in [3.63, 3.8) is 0 Å². The smallest absolute Gasteiger partial charge is 0.261 e. The summed E-state index contributed by atoms with van der Waals surface area (Å²) in [6, 6.07) is 9.75. The van der Waals surface area contributed by atoms with Crippen LogP contribution in [0.3, 0.4) is 0 Å². The molecule has 0 unspecified atom stereocenters. The highest BCUT2D eigenvalue weighted by molar-refractivity contribution is 5.99. The molecule has 1 heterocycles. The number of nitriles is 1. The summed E-state index contributed by atoms with van der Waals surface area (Å²) in [6.45, 7) is 6.22. The fourth-order valence-electron chi connectivity index (χ4n) is 5.14. The van der Waals surface area contributed by atoms with Gasteiger partial charge in [0.15, 0.2) is 6.19 Å². The molecule has 30 heavy (non-hydrogen) atoms. The number of benzene rings is 1. The minimum atomic E-state index is -0.930. The molecular weight excluding hydrogens is 376 g/mol. The van der Waals surface area contributed by atoms with Crippen molar-refractivity contribution in [1.29, 1.82) is 5.26 Å². The van der Waals surface area contributed by atoms with E-state index in [1.165, 1.54) is 7.05 Å². The molecule has 0 N–H and O–H groups in total. The molecule has 1 aromatic carbocycles. The van der Waals surface area contributed by atoms with Gasteiger partial charge >= 0.3 is 0 Å². The molecule has 0 radical (unpaired) electrons. The van der Waals surface area contributed by atoms with Crippen LogP contribution in [0.1, 0.15) is 69.2 Å². The van der Waals surface area contributed by atoms with Gasteiger partial charge in [-0.2, -0.15) is 5.26 Å². The number of piperidine rings is 1. The lowest BCUT2D eigenvalue weighted by Gasteiger charge is -2.51. The Balaban J connectivity index is 2.02. The second-order valence-electron chi connectivity index (χ2n) is 8.96. The molecular formula is C24H34N4O2. The van der Waals surface area contributed by atoms with Crippen LogP contribution in [-0.2, 0) is 4.79 Å². The van der Waals surface area contributed by atoms with Crippen molar-refractivity contribution in [1.82, 2.24) is 14.7 Å². The molecule has 0 aromatic heterocycles. The Morgan fingerprint density at radius 3 is 2.23 bits per heavy atom. The first-order valence-electron chi connectivity index (χ1n) is 11.2. The van der Waals surface area contributed by atoms with E-state index in [0.29, 0.717) is 24.4 Å². The van der Waals surface area contributed by atoms with Crippen molar-refractivity contribution in [2.45, 2.75) is 76.4 Å². The molecule has 162 valence electrons. The summed E-state index contributed by atoms with van der Waals surface area (Å²) in [4.78, 5) is 32.8. The van der Waals surface area contributed by atoms with Crippen molar-refractivity contribution in [3.8, 4) is 6.19 Å². The Hall–Kier alpha value is -2.39. The van der Waals surface area contributed by atoms with Gasteiger partial charge in [0.05, 0.1) is 0 Å². The van der Waals surface area contributed by atoms with Crippen LogP contribution in [0.25, 0.3) is 0 Å². The lowest BCUT2D eigenvalue weighted by Crippen LogP contribution is -2.65. The Morgan fingerprint density at radius 1 is 1.10 bits per heavy atom. The van der Waals surface area contributed by atoms with Crippen molar-refractivity contribution in [3.05, 3.63) is 35.9 Å². The number of carbonyl (C=O) groups excluding carboxylic acids is 2. The molecule has 1 saturated heterocycles. The zero-order valence-electron chi connectivity index (χ0n) is 18.5. The van der Waals surface area contributed by atoms with Crippen LogP contribution < -0.4 is 0 Å². The molecule has 6 nitrogen and oxygen atoms in total. The Labute approximate surface area is 180 Å². The zero-order chi connectivity index (χ0) is 21.7. The number of amides is 2. The van der Waals surface area contributed by atoms with Gasteiger partial charge in [0, 0.05) is 37.8 Å². The number of nitrogens with zero attached hydrogens (tertiary/aromatic N) is 4. The molecule has 1 aromatic rings. The van der Waals surface area contributed by atoms with Crippen LogP contribution in [-0.4, -0.2) is 64.3 Å². The summed E-state index contributed by atoms with van der Waals surface area (Å²) >= 11 is 0. The normalized spacial score (nSPS) is 19.8. The molecule has 1 aliphatic heterocycles. The standard InChI is InChI=1S/C24H34N4O2/c1-19(2)27-16-12-21(13-17-27)28(22(29)20-10-6-4-7-11-20)24(14-8-5-9-15-24)23(30)26(3)18-25/h4,6-7,10-11,19,21H,5,8-9,12-17H2,1-3H3. The first kappa shape index (κ1) is 22.3. The Kier molecular flexibility index (Phi) is 7.14. The molecule has 3 rings (SSSR count). The van der Waals surface area contributed by atoms with E-state index < -0.39 is 5.54 Å². The Morgan fingerprint density at radius 2 is 1.70 bits per heavy atom. The van der Waals surface area contributed by atoms with Crippen LogP contribution in [0.15, 0.2) is 30.3 Å². The van der Waals surface area contributed by atoms with Crippen molar-refractivity contribution >= 4 is 11.8 Å². The topological polar surface area (TPSA) is 67.7 Å². The molecule has 0 spiro atoms. The van der Waals surface area contributed by atoms with E-state index in [4.69, 9.17) is 0 Å². The van der Waals surface area contributed by atoms with Crippen molar-refractivity contribution < 1.29 is 9.59 Å². The van der Waals surface area contributed by atoms with E-state index in [1.807, 2.05) is 41.4 Å². The summed E-state index contributed by atoms with van der Waals surface area (Å²) in [5, 5.41) is 9.44. The number of rotatable bonds is 5. The number of likely N-dealkylation sites (N-methyl/N-ethyl adjacent to an activating group) is 1. The van der Waals surface area contributed by atoms with Crippen LogP contribution >= 0.6 is 0 Å². The van der Waals surface area contributed by atoms with Crippen LogP contribution in [0.5, 0.6) is 0 Å². The summed E-state index contributed by atoms with van der Waals surface area (Å²) in [6.07, 6.45) is 7.79. The van der Waals surface area contributed by atoms with E-state index in [1.54, 1.807) is 0 Å². The number of hydrogen-bond acceptors (Lipinski definition) is 4. The lowest BCUT2D eigenvalue weighted by molar-refractivity contribution is -0.143. The molecule has 6 heteroatoms. The summed E-state index contributed by atoms with van der Waals surface area (Å²) < 4.78 is 0. The highest BCUT2D eigenvalue weighted by Crippen LogP contribution is 2.39. The average molecular weight is 411 g/mol. The number of carbonyl (C=O) groups is 2. The Bertz CT molecular complexity index is 772. The SMILES string of the molecule is CC(C)N1CCC(N(C(=O)c2ccccc2)C2(C(=O)N(C)C#N)CCCCC2)CC1. The van der Waals surface area contributed by atoms with Crippen molar-refractivity contribution in [2.75, 3.05) is 20.1 Å². The summed E-state index contributed by atoms with van der Waals surface area (Å²) in [5.74, 6) is -0.319. The van der Waals surface area contributed by atoms with Gasteiger partial charge in [-0.3, -0.25) is 14.5 Å². The minimum Gasteiger partial charge on any atom is -0.321 e. The van der Waals surface area contributed by atoms with Gasteiger partial charge in [-0.05, 0) is 51.7 Å². The fourth-order valence-corrected chi connectivity index (χ4v) is 5.14. The van der Waals surface area contributed by atoms with E-state index in [2.05, 4.69) is 18.7 Å². The molecule has 0 bridgehead atoms. The van der Waals surface area contributed by atoms with Gasteiger partial charge in [0.1, 0.15) is 5.54 Å². The molecule has 2 fully saturated rings. The van der Waals surface area contributed by atoms with Crippen LogP contribution in [0, 0.1) is 11.5 Å². The van der Waals surface area contributed by atoms with Gasteiger partial charge in [0.2, 0.25) is 0 Å². The van der Waals surface area contributed by atoms with Crippen LogP contribution in [0.4, 0.5) is 0 Å². The van der Waals surface area contributed by atoms with Crippen LogP contribution in [0.2, 0.25) is 0 Å². The first-order valence-corrected chi connectivity index (χ1v) is 11.2. The van der Waals surface area contributed by atoms with E-state index in [-0.39, 0.29) is 17.9 Å². The summed E-state index contributed by atoms with van der Waals surface area (Å²) in [5.41, 5.74) is -0.318. The minimum absolute atomic E-state index is 0.00171. The number of likely N-dealkylation sites (tertiary alicyclic amines) is 1. The monoisotopic (exact) mass is 410 g/mol. The van der Waals surface area contributed by atoms with E-state index in [9.17, 15) is 14.9 Å². The van der Waals surface area contributed by atoms with Gasteiger partial charge in [0.25, 0.3) is 11.8 Å². The number of hydrogen-bond donors (Lipinski definition) is 0. The molecule has 2 aliphatic rings. The maximum Gasteiger partial charge on any atom is 0.261 e. The molecule has 0 atom stereocenters. The highest BCUT2D eigenvalue weighted by Gasteiger charge is 2.51. The van der Waals surface area contributed by atoms with E-state index >= 15 is 0 Å². The second-order valence-corrected chi connectivity index (χ2v) is 8.96. The molecule has 2 amide bonds. The van der Waals surface area contributed by atoms with Gasteiger partial charge < -0.3 is 9.80 Å². The third-order valence-corrected chi connectivity index (χ3v) is 6.83. The molecule has 1 aliphatic carbocycles. The maximum absolute atomic E-state index is 13.8. The first-order chi connectivity index (χ1) is 14.4. The van der Waals surface area contributed by atoms with Gasteiger partial charge in [-0.15, -0.1) is 0 Å². The van der Waals surface area contributed by atoms with E-state index in [0.717, 1.165) is 50.1 Å². The third kappa shape index (κ3) is 4.37. The third-order valence-electron chi connectivity index (χ3n) is 6.83. The largest absolute Gasteiger partial charge is 0.321 e. The quantitative estimate of drug-likeness (QED) is 0.549.